The van der Waals surface area contributed by atoms with E-state index in [9.17, 15) is 9.59 Å². The van der Waals surface area contributed by atoms with Gasteiger partial charge in [0.05, 0.1) is 27.4 Å². The van der Waals surface area contributed by atoms with Crippen molar-refractivity contribution in [1.82, 2.24) is 9.80 Å². The third kappa shape index (κ3) is 8.19. The van der Waals surface area contributed by atoms with Crippen LogP contribution in [0.15, 0.2) is 90.3 Å². The van der Waals surface area contributed by atoms with Gasteiger partial charge in [-0.3, -0.25) is 9.59 Å². The van der Waals surface area contributed by atoms with Crippen LogP contribution in [0, 0.1) is 0 Å². The second-order valence-corrected chi connectivity index (χ2v) is 10.5. The average molecular weight is 573 g/mol. The van der Waals surface area contributed by atoms with Crippen molar-refractivity contribution >= 4 is 23.2 Å². The number of benzene rings is 3. The maximum absolute atomic E-state index is 13.7. The summed E-state index contributed by atoms with van der Waals surface area (Å²) in [7, 11) is 4.80. The second kappa shape index (κ2) is 15.0. The van der Waals surface area contributed by atoms with Crippen LogP contribution in [0.25, 0.3) is 11.1 Å². The SMILES string of the molecule is COCCN(CC(=O)N(CCc1ccc(OC)c(OC)c1)Cc1cccs1)C(=O)c1ccc(-c2ccccc2)cc1. The van der Waals surface area contributed by atoms with Crippen LogP contribution in [-0.4, -0.2) is 69.2 Å². The maximum Gasteiger partial charge on any atom is 0.254 e. The summed E-state index contributed by atoms with van der Waals surface area (Å²) >= 11 is 1.61. The highest BCUT2D eigenvalue weighted by Crippen LogP contribution is 2.28. The fourth-order valence-corrected chi connectivity index (χ4v) is 5.24. The topological polar surface area (TPSA) is 68.3 Å². The number of hydrogen-bond acceptors (Lipinski definition) is 6. The first-order valence-corrected chi connectivity index (χ1v) is 14.3. The largest absolute Gasteiger partial charge is 0.493 e. The molecule has 0 spiro atoms. The van der Waals surface area contributed by atoms with E-state index in [4.69, 9.17) is 14.2 Å². The predicted octanol–water partition coefficient (Wildman–Crippen LogP) is 5.79. The van der Waals surface area contributed by atoms with E-state index in [1.165, 1.54) is 0 Å². The maximum atomic E-state index is 13.7. The van der Waals surface area contributed by atoms with Gasteiger partial charge < -0.3 is 24.0 Å². The van der Waals surface area contributed by atoms with E-state index >= 15 is 0 Å². The Hall–Kier alpha value is -4.14. The molecule has 41 heavy (non-hydrogen) atoms. The van der Waals surface area contributed by atoms with Gasteiger partial charge in [0.25, 0.3) is 5.91 Å². The van der Waals surface area contributed by atoms with E-state index in [2.05, 4.69) is 0 Å². The highest BCUT2D eigenvalue weighted by atomic mass is 32.1. The molecule has 4 aromatic rings. The molecule has 0 saturated heterocycles. The molecule has 2 amide bonds. The van der Waals surface area contributed by atoms with Gasteiger partial charge in [0.2, 0.25) is 5.91 Å². The molecule has 0 aliphatic heterocycles. The lowest BCUT2D eigenvalue weighted by atomic mass is 10.0. The van der Waals surface area contributed by atoms with E-state index in [1.807, 2.05) is 95.2 Å². The second-order valence-electron chi connectivity index (χ2n) is 9.50. The Kier molecular flexibility index (Phi) is 10.9. The summed E-state index contributed by atoms with van der Waals surface area (Å²) in [4.78, 5) is 31.7. The Morgan fingerprint density at radius 1 is 0.756 bits per heavy atom. The monoisotopic (exact) mass is 572 g/mol. The lowest BCUT2D eigenvalue weighted by Gasteiger charge is -2.28. The molecule has 0 aliphatic carbocycles. The number of ether oxygens (including phenoxy) is 3. The van der Waals surface area contributed by atoms with Crippen LogP contribution in [-0.2, 0) is 22.5 Å². The molecule has 0 atom stereocenters. The number of nitrogens with zero attached hydrogens (tertiary/aromatic N) is 2. The Morgan fingerprint density at radius 2 is 1.49 bits per heavy atom. The predicted molar refractivity (Wildman–Crippen MR) is 163 cm³/mol. The Morgan fingerprint density at radius 3 is 2.15 bits per heavy atom. The van der Waals surface area contributed by atoms with Crippen LogP contribution in [0.4, 0.5) is 0 Å². The fourth-order valence-electron chi connectivity index (χ4n) is 4.52. The Bertz CT molecular complexity index is 1390. The van der Waals surface area contributed by atoms with Crippen molar-refractivity contribution in [3.63, 3.8) is 0 Å². The molecule has 7 nitrogen and oxygen atoms in total. The molecule has 4 rings (SSSR count). The minimum Gasteiger partial charge on any atom is -0.493 e. The first-order valence-electron chi connectivity index (χ1n) is 13.5. The van der Waals surface area contributed by atoms with E-state index in [0.717, 1.165) is 21.6 Å². The van der Waals surface area contributed by atoms with Crippen LogP contribution >= 0.6 is 11.3 Å². The van der Waals surface area contributed by atoms with Crippen LogP contribution in [0.3, 0.4) is 0 Å². The van der Waals surface area contributed by atoms with Crippen LogP contribution < -0.4 is 9.47 Å². The molecular weight excluding hydrogens is 536 g/mol. The lowest BCUT2D eigenvalue weighted by Crippen LogP contribution is -2.44. The van der Waals surface area contributed by atoms with Crippen molar-refractivity contribution in [2.45, 2.75) is 13.0 Å². The van der Waals surface area contributed by atoms with Gasteiger partial charge in [-0.1, -0.05) is 54.6 Å². The molecule has 0 saturated carbocycles. The lowest BCUT2D eigenvalue weighted by molar-refractivity contribution is -0.132. The minimum atomic E-state index is -0.203. The summed E-state index contributed by atoms with van der Waals surface area (Å²) in [6, 6.07) is 27.3. The number of thiophene rings is 1. The summed E-state index contributed by atoms with van der Waals surface area (Å²) in [5, 5.41) is 2.00. The van der Waals surface area contributed by atoms with E-state index < -0.39 is 0 Å². The summed E-state index contributed by atoms with van der Waals surface area (Å²) in [5.74, 6) is 0.984. The summed E-state index contributed by atoms with van der Waals surface area (Å²) in [6.45, 7) is 1.56. The van der Waals surface area contributed by atoms with Crippen LogP contribution in [0.5, 0.6) is 11.5 Å². The molecule has 214 valence electrons. The van der Waals surface area contributed by atoms with Crippen LogP contribution in [0.1, 0.15) is 20.8 Å². The van der Waals surface area contributed by atoms with Gasteiger partial charge in [0.15, 0.2) is 11.5 Å². The molecule has 1 heterocycles. The van der Waals surface area contributed by atoms with Crippen molar-refractivity contribution < 1.29 is 23.8 Å². The molecule has 0 radical (unpaired) electrons. The first kappa shape index (κ1) is 29.8. The Balaban J connectivity index is 1.49. The number of amides is 2. The summed E-state index contributed by atoms with van der Waals surface area (Å²) in [6.07, 6.45) is 0.629. The number of carbonyl (C=O) groups excluding carboxylic acids is 2. The quantitative estimate of drug-likeness (QED) is 0.191. The number of carbonyl (C=O) groups is 2. The van der Waals surface area contributed by atoms with Crippen molar-refractivity contribution in [1.29, 1.82) is 0 Å². The summed E-state index contributed by atoms with van der Waals surface area (Å²) in [5.41, 5.74) is 3.66. The van der Waals surface area contributed by atoms with Crippen LogP contribution in [0.2, 0.25) is 0 Å². The zero-order chi connectivity index (χ0) is 29.0. The Labute approximate surface area is 245 Å². The highest BCUT2D eigenvalue weighted by Gasteiger charge is 2.23. The number of methoxy groups -OCH3 is 3. The van der Waals surface area contributed by atoms with Gasteiger partial charge in [-0.15, -0.1) is 11.3 Å². The molecule has 0 unspecified atom stereocenters. The smallest absolute Gasteiger partial charge is 0.254 e. The molecule has 0 aliphatic rings. The zero-order valence-electron chi connectivity index (χ0n) is 23.7. The molecule has 0 N–H and O–H groups in total. The highest BCUT2D eigenvalue weighted by molar-refractivity contribution is 7.09. The average Bonchev–Trinajstić information content (AvgIpc) is 3.54. The normalized spacial score (nSPS) is 10.7. The van der Waals surface area contributed by atoms with E-state index in [0.29, 0.717) is 49.7 Å². The fraction of sp³-hybridized carbons (Fsp3) is 0.273. The van der Waals surface area contributed by atoms with Gasteiger partial charge in [-0.25, -0.2) is 0 Å². The molecule has 0 bridgehead atoms. The van der Waals surface area contributed by atoms with Gasteiger partial charge in [0, 0.05) is 30.6 Å². The zero-order valence-corrected chi connectivity index (χ0v) is 24.6. The molecule has 8 heteroatoms. The third-order valence-corrected chi connectivity index (χ3v) is 7.68. The van der Waals surface area contributed by atoms with Gasteiger partial charge in [0.1, 0.15) is 6.54 Å². The van der Waals surface area contributed by atoms with Gasteiger partial charge >= 0.3 is 0 Å². The van der Waals surface area contributed by atoms with E-state index in [-0.39, 0.29) is 18.4 Å². The molecule has 3 aromatic carbocycles. The van der Waals surface area contributed by atoms with Gasteiger partial charge in [-0.05, 0) is 58.8 Å². The molecular formula is C33H36N2O5S. The molecule has 0 fully saturated rings. The number of hydrogen-bond donors (Lipinski definition) is 0. The van der Waals surface area contributed by atoms with Crippen molar-refractivity contribution in [2.24, 2.45) is 0 Å². The van der Waals surface area contributed by atoms with E-state index in [1.54, 1.807) is 37.6 Å². The number of rotatable bonds is 14. The summed E-state index contributed by atoms with van der Waals surface area (Å²) < 4.78 is 16.1. The standard InChI is InChI=1S/C33H36N2O5S/c1-38-20-19-35(33(37)28-14-12-27(13-15-28)26-8-5-4-6-9-26)24-32(36)34(23-29-10-7-21-41-29)18-17-25-11-16-30(39-2)31(22-25)40-3/h4-16,21-22H,17-20,23-24H2,1-3H3. The molecule has 1 aromatic heterocycles. The van der Waals surface area contributed by atoms with Crippen molar-refractivity contribution in [2.75, 3.05) is 47.6 Å². The third-order valence-electron chi connectivity index (χ3n) is 6.82. The van der Waals surface area contributed by atoms with Gasteiger partial charge in [-0.2, -0.15) is 0 Å². The van der Waals surface area contributed by atoms with Crippen molar-refractivity contribution in [3.8, 4) is 22.6 Å². The first-order chi connectivity index (χ1) is 20.0. The minimum absolute atomic E-state index is 0.0417. The van der Waals surface area contributed by atoms with Crippen molar-refractivity contribution in [3.05, 3.63) is 106 Å².